The Morgan fingerprint density at radius 2 is 1.94 bits per heavy atom. The van der Waals surface area contributed by atoms with Gasteiger partial charge in [0.1, 0.15) is 11.0 Å². The molecule has 17 heavy (non-hydrogen) atoms. The summed E-state index contributed by atoms with van der Waals surface area (Å²) in [6.07, 6.45) is 0. The Morgan fingerprint density at radius 3 is 2.41 bits per heavy atom. The van der Waals surface area contributed by atoms with Crippen LogP contribution in [-0.4, -0.2) is 25.8 Å². The van der Waals surface area contributed by atoms with Gasteiger partial charge in [-0.1, -0.05) is 13.8 Å². The highest BCUT2D eigenvalue weighted by Gasteiger charge is 2.24. The zero-order chi connectivity index (χ0) is 13.1. The molecule has 0 aliphatic heterocycles. The third-order valence-corrected chi connectivity index (χ3v) is 4.56. The van der Waals surface area contributed by atoms with Gasteiger partial charge in [0.25, 0.3) is 0 Å². The molecule has 1 aromatic rings. The molecule has 0 aromatic heterocycles. The molecule has 1 rings (SSSR count). The summed E-state index contributed by atoms with van der Waals surface area (Å²) in [6, 6.07) is 6.09. The molecule has 0 amide bonds. The van der Waals surface area contributed by atoms with Crippen LogP contribution in [-0.2, 0) is 10.0 Å². The second-order valence-corrected chi connectivity index (χ2v) is 5.36. The van der Waals surface area contributed by atoms with Gasteiger partial charge in [-0.25, -0.2) is 8.42 Å². The summed E-state index contributed by atoms with van der Waals surface area (Å²) >= 11 is 0. The van der Waals surface area contributed by atoms with Gasteiger partial charge in [0, 0.05) is 18.8 Å². The summed E-state index contributed by atoms with van der Waals surface area (Å²) in [5.41, 5.74) is 5.98. The molecule has 0 fully saturated rings. The number of benzene rings is 1. The number of hydrogen-bond donors (Lipinski definition) is 1. The van der Waals surface area contributed by atoms with Crippen molar-refractivity contribution in [3.05, 3.63) is 23.8 Å². The summed E-state index contributed by atoms with van der Waals surface area (Å²) in [4.78, 5) is 0.0119. The molecule has 6 heteroatoms. The van der Waals surface area contributed by atoms with Crippen molar-refractivity contribution in [3.63, 3.8) is 0 Å². The van der Waals surface area contributed by atoms with Crippen LogP contribution in [0.2, 0.25) is 0 Å². The normalized spacial score (nSPS) is 11.4. The fourth-order valence-corrected chi connectivity index (χ4v) is 3.14. The lowest BCUT2D eigenvalue weighted by Gasteiger charge is -2.19. The molecular formula is C11H15N3O2S. The van der Waals surface area contributed by atoms with E-state index in [1.807, 2.05) is 6.07 Å². The Hall–Kier alpha value is -1.58. The zero-order valence-corrected chi connectivity index (χ0v) is 10.7. The fourth-order valence-electron chi connectivity index (χ4n) is 1.56. The van der Waals surface area contributed by atoms with Crippen molar-refractivity contribution in [1.29, 1.82) is 5.26 Å². The first-order valence-electron chi connectivity index (χ1n) is 5.27. The van der Waals surface area contributed by atoms with E-state index in [-0.39, 0.29) is 10.5 Å². The van der Waals surface area contributed by atoms with Gasteiger partial charge in [-0.3, -0.25) is 0 Å². The summed E-state index contributed by atoms with van der Waals surface area (Å²) in [7, 11) is -3.61. The predicted octanol–water partition coefficient (Wildman–Crippen LogP) is 1.17. The van der Waals surface area contributed by atoms with Crippen LogP contribution in [0.1, 0.15) is 19.4 Å². The minimum Gasteiger partial charge on any atom is -0.399 e. The lowest BCUT2D eigenvalue weighted by Crippen LogP contribution is -2.31. The van der Waals surface area contributed by atoms with Gasteiger partial charge in [-0.05, 0) is 18.2 Å². The average Bonchev–Trinajstić information content (AvgIpc) is 2.29. The number of nitrogens with two attached hydrogens (primary N) is 1. The number of nitrogens with zero attached hydrogens (tertiary/aromatic N) is 2. The molecule has 0 unspecified atom stereocenters. The summed E-state index contributed by atoms with van der Waals surface area (Å²) < 4.78 is 25.7. The van der Waals surface area contributed by atoms with Crippen LogP contribution in [0.25, 0.3) is 0 Å². The van der Waals surface area contributed by atoms with E-state index in [1.165, 1.54) is 22.5 Å². The zero-order valence-electron chi connectivity index (χ0n) is 9.84. The van der Waals surface area contributed by atoms with Crippen LogP contribution < -0.4 is 5.73 Å². The second-order valence-electron chi connectivity index (χ2n) is 3.46. The minimum atomic E-state index is -3.61. The van der Waals surface area contributed by atoms with E-state index >= 15 is 0 Å². The van der Waals surface area contributed by atoms with Crippen LogP contribution in [0.15, 0.2) is 23.1 Å². The first kappa shape index (κ1) is 13.5. The van der Waals surface area contributed by atoms with Gasteiger partial charge in [0.2, 0.25) is 10.0 Å². The third kappa shape index (κ3) is 2.57. The Labute approximate surface area is 102 Å². The minimum absolute atomic E-state index is 0.0119. The molecule has 5 nitrogen and oxygen atoms in total. The second kappa shape index (κ2) is 5.17. The molecule has 0 aliphatic rings. The number of hydrogen-bond acceptors (Lipinski definition) is 4. The number of sulfonamides is 1. The van der Waals surface area contributed by atoms with E-state index in [4.69, 9.17) is 11.0 Å². The molecule has 0 spiro atoms. The van der Waals surface area contributed by atoms with Gasteiger partial charge < -0.3 is 5.73 Å². The molecule has 1 aromatic carbocycles. The highest BCUT2D eigenvalue weighted by atomic mass is 32.2. The van der Waals surface area contributed by atoms with Gasteiger partial charge in [0.05, 0.1) is 5.56 Å². The van der Waals surface area contributed by atoms with Crippen LogP contribution >= 0.6 is 0 Å². The van der Waals surface area contributed by atoms with Gasteiger partial charge in [0.15, 0.2) is 0 Å². The summed E-state index contributed by atoms with van der Waals surface area (Å²) in [5.74, 6) is 0. The van der Waals surface area contributed by atoms with E-state index in [9.17, 15) is 8.42 Å². The van der Waals surface area contributed by atoms with E-state index in [0.29, 0.717) is 18.8 Å². The van der Waals surface area contributed by atoms with Gasteiger partial charge in [-0.2, -0.15) is 9.57 Å². The quantitative estimate of drug-likeness (QED) is 0.816. The van der Waals surface area contributed by atoms with E-state index in [2.05, 4.69) is 0 Å². The Morgan fingerprint density at radius 1 is 1.35 bits per heavy atom. The third-order valence-electron chi connectivity index (χ3n) is 2.45. The topological polar surface area (TPSA) is 87.2 Å². The monoisotopic (exact) mass is 253 g/mol. The van der Waals surface area contributed by atoms with Crippen molar-refractivity contribution < 1.29 is 8.42 Å². The fraction of sp³-hybridized carbons (Fsp3) is 0.364. The molecule has 0 radical (unpaired) electrons. The number of nitriles is 1. The molecule has 0 saturated carbocycles. The standard InChI is InChI=1S/C11H15N3O2S/c1-3-14(4-2)17(15,16)11-6-5-10(13)7-9(11)8-12/h5-7H,3-4,13H2,1-2H3. The van der Waals surface area contributed by atoms with E-state index < -0.39 is 10.0 Å². The Bertz CT molecular complexity index is 542. The smallest absolute Gasteiger partial charge is 0.244 e. The van der Waals surface area contributed by atoms with Crippen LogP contribution in [0.3, 0.4) is 0 Å². The molecular weight excluding hydrogens is 238 g/mol. The van der Waals surface area contributed by atoms with Crippen molar-refractivity contribution >= 4 is 15.7 Å². The average molecular weight is 253 g/mol. The number of rotatable bonds is 4. The molecule has 0 atom stereocenters. The lowest BCUT2D eigenvalue weighted by molar-refractivity contribution is 0.445. The Kier molecular flexibility index (Phi) is 4.10. The van der Waals surface area contributed by atoms with Gasteiger partial charge >= 0.3 is 0 Å². The first-order chi connectivity index (χ1) is 7.97. The van der Waals surface area contributed by atoms with E-state index in [1.54, 1.807) is 13.8 Å². The van der Waals surface area contributed by atoms with Crippen molar-refractivity contribution in [2.45, 2.75) is 18.7 Å². The van der Waals surface area contributed by atoms with Crippen LogP contribution in [0.4, 0.5) is 5.69 Å². The molecule has 2 N–H and O–H groups in total. The number of anilines is 1. The van der Waals surface area contributed by atoms with Gasteiger partial charge in [-0.15, -0.1) is 0 Å². The largest absolute Gasteiger partial charge is 0.399 e. The van der Waals surface area contributed by atoms with Crippen molar-refractivity contribution in [2.24, 2.45) is 0 Å². The van der Waals surface area contributed by atoms with Crippen LogP contribution in [0, 0.1) is 11.3 Å². The maximum atomic E-state index is 12.2. The lowest BCUT2D eigenvalue weighted by atomic mass is 10.2. The van der Waals surface area contributed by atoms with E-state index in [0.717, 1.165) is 0 Å². The van der Waals surface area contributed by atoms with Crippen LogP contribution in [0.5, 0.6) is 0 Å². The summed E-state index contributed by atoms with van der Waals surface area (Å²) in [5, 5.41) is 8.94. The molecule has 0 saturated heterocycles. The number of nitrogen functional groups attached to an aromatic ring is 1. The molecule has 0 bridgehead atoms. The maximum absolute atomic E-state index is 12.2. The molecule has 0 heterocycles. The van der Waals surface area contributed by atoms with Crippen molar-refractivity contribution in [1.82, 2.24) is 4.31 Å². The first-order valence-corrected chi connectivity index (χ1v) is 6.71. The highest BCUT2D eigenvalue weighted by Crippen LogP contribution is 2.21. The summed E-state index contributed by atoms with van der Waals surface area (Å²) in [6.45, 7) is 4.25. The Balaban J connectivity index is 3.39. The highest BCUT2D eigenvalue weighted by molar-refractivity contribution is 7.89. The van der Waals surface area contributed by atoms with Crippen molar-refractivity contribution in [3.8, 4) is 6.07 Å². The van der Waals surface area contributed by atoms with Crippen molar-refractivity contribution in [2.75, 3.05) is 18.8 Å². The SMILES string of the molecule is CCN(CC)S(=O)(=O)c1ccc(N)cc1C#N. The molecule has 0 aliphatic carbocycles. The molecule has 92 valence electrons. The maximum Gasteiger partial charge on any atom is 0.244 e. The predicted molar refractivity (Wildman–Crippen MR) is 65.7 cm³/mol.